The highest BCUT2D eigenvalue weighted by Gasteiger charge is 2.03. The highest BCUT2D eigenvalue weighted by Crippen LogP contribution is 2.27. The smallest absolute Gasteiger partial charge is 0.243 e. The van der Waals surface area contributed by atoms with E-state index in [1.807, 2.05) is 19.1 Å². The first-order valence-electron chi connectivity index (χ1n) is 5.16. The molecule has 0 aromatic heterocycles. The van der Waals surface area contributed by atoms with Gasteiger partial charge in [-0.25, -0.2) is 0 Å². The number of halogens is 1. The highest BCUT2D eigenvalue weighted by molar-refractivity contribution is 9.10. The number of amides is 1. The zero-order valence-electron chi connectivity index (χ0n) is 9.63. The van der Waals surface area contributed by atoms with Crippen LogP contribution in [0.4, 0.5) is 11.4 Å². The molecule has 0 aliphatic rings. The molecule has 6 heteroatoms. The molecule has 5 nitrogen and oxygen atoms in total. The van der Waals surface area contributed by atoms with Gasteiger partial charge in [-0.2, -0.15) is 0 Å². The molecule has 0 spiro atoms. The van der Waals surface area contributed by atoms with Crippen molar-refractivity contribution in [2.24, 2.45) is 5.73 Å². The van der Waals surface area contributed by atoms with Crippen molar-refractivity contribution in [3.05, 3.63) is 22.2 Å². The Kier molecular flexibility index (Phi) is 5.24. The number of anilines is 2. The average molecular weight is 302 g/mol. The summed E-state index contributed by atoms with van der Waals surface area (Å²) in [6.07, 6.45) is 0. The number of hydrogen-bond donors (Lipinski definition) is 3. The molecule has 0 aliphatic heterocycles. The second-order valence-corrected chi connectivity index (χ2v) is 4.49. The van der Waals surface area contributed by atoms with E-state index < -0.39 is 5.91 Å². The fourth-order valence-electron chi connectivity index (χ4n) is 1.26. The number of ether oxygens (including phenoxy) is 1. The molecule has 1 rings (SSSR count). The van der Waals surface area contributed by atoms with Crippen molar-refractivity contribution in [1.29, 1.82) is 0 Å². The lowest BCUT2D eigenvalue weighted by Crippen LogP contribution is -2.20. The van der Waals surface area contributed by atoms with Crippen LogP contribution >= 0.6 is 15.9 Å². The molecule has 0 fully saturated rings. The Labute approximate surface area is 109 Å². The van der Waals surface area contributed by atoms with Gasteiger partial charge in [0.05, 0.1) is 6.61 Å². The maximum absolute atomic E-state index is 10.4. The minimum absolute atomic E-state index is 0.0520. The zero-order valence-corrected chi connectivity index (χ0v) is 11.2. The summed E-state index contributed by atoms with van der Waals surface area (Å²) in [6.45, 7) is 2.90. The normalized spacial score (nSPS) is 10.2. The first-order chi connectivity index (χ1) is 8.00. The van der Waals surface area contributed by atoms with E-state index in [2.05, 4.69) is 21.2 Å². The molecular weight excluding hydrogens is 286 g/mol. The van der Waals surface area contributed by atoms with Crippen LogP contribution in [0.25, 0.3) is 0 Å². The van der Waals surface area contributed by atoms with Crippen LogP contribution in [0.5, 0.6) is 0 Å². The predicted molar refractivity (Wildman–Crippen MR) is 71.8 cm³/mol. The molecule has 94 valence electrons. The Hall–Kier alpha value is -1.27. The molecule has 0 heterocycles. The van der Waals surface area contributed by atoms with Crippen LogP contribution in [0.1, 0.15) is 5.56 Å². The van der Waals surface area contributed by atoms with Crippen molar-refractivity contribution in [3.63, 3.8) is 0 Å². The second kappa shape index (κ2) is 6.46. The van der Waals surface area contributed by atoms with Gasteiger partial charge in [0.15, 0.2) is 0 Å². The van der Waals surface area contributed by atoms with Crippen molar-refractivity contribution in [3.8, 4) is 0 Å². The first-order valence-corrected chi connectivity index (χ1v) is 5.95. The molecule has 0 saturated carbocycles. The van der Waals surface area contributed by atoms with Crippen molar-refractivity contribution in [1.82, 2.24) is 0 Å². The number of nitrogen functional groups attached to an aromatic ring is 1. The fraction of sp³-hybridized carbons (Fsp3) is 0.364. The van der Waals surface area contributed by atoms with Crippen molar-refractivity contribution in [2.45, 2.75) is 6.92 Å². The van der Waals surface area contributed by atoms with E-state index in [1.54, 1.807) is 0 Å². The van der Waals surface area contributed by atoms with Crippen LogP contribution in [0, 0.1) is 6.92 Å². The number of rotatable bonds is 6. The summed E-state index contributed by atoms with van der Waals surface area (Å²) in [7, 11) is 0. The number of primary amides is 1. The van der Waals surface area contributed by atoms with E-state index in [1.165, 1.54) is 0 Å². The van der Waals surface area contributed by atoms with Gasteiger partial charge in [0.1, 0.15) is 6.61 Å². The monoisotopic (exact) mass is 301 g/mol. The summed E-state index contributed by atoms with van der Waals surface area (Å²) < 4.78 is 5.93. The van der Waals surface area contributed by atoms with Crippen LogP contribution in [0.2, 0.25) is 0 Å². The Bertz CT molecular complexity index is 410. The third-order valence-corrected chi connectivity index (χ3v) is 2.82. The molecule has 0 saturated heterocycles. The molecule has 1 amide bonds. The van der Waals surface area contributed by atoms with Gasteiger partial charge in [-0.1, -0.05) is 0 Å². The Morgan fingerprint density at radius 2 is 2.24 bits per heavy atom. The standard InChI is InChI=1S/C11H16BrN3O2/c1-7-4-10(8(12)5-9(7)13)15-2-3-17-6-11(14)16/h4-5,15H,2-3,6,13H2,1H3,(H2,14,16). The SMILES string of the molecule is Cc1cc(NCCOCC(N)=O)c(Br)cc1N. The van der Waals surface area contributed by atoms with Crippen LogP contribution in [0.3, 0.4) is 0 Å². The topological polar surface area (TPSA) is 90.4 Å². The number of hydrogen-bond acceptors (Lipinski definition) is 4. The van der Waals surface area contributed by atoms with E-state index in [-0.39, 0.29) is 6.61 Å². The number of aryl methyl sites for hydroxylation is 1. The fourth-order valence-corrected chi connectivity index (χ4v) is 1.76. The summed E-state index contributed by atoms with van der Waals surface area (Å²) in [6, 6.07) is 3.80. The number of nitrogens with two attached hydrogens (primary N) is 2. The molecule has 0 atom stereocenters. The van der Waals surface area contributed by atoms with Gasteiger partial charge in [-0.05, 0) is 40.5 Å². The predicted octanol–water partition coefficient (Wildman–Crippen LogP) is 1.25. The maximum atomic E-state index is 10.4. The zero-order chi connectivity index (χ0) is 12.8. The second-order valence-electron chi connectivity index (χ2n) is 3.63. The number of carbonyl (C=O) groups excluding carboxylic acids is 1. The van der Waals surface area contributed by atoms with Crippen LogP contribution in [-0.4, -0.2) is 25.7 Å². The van der Waals surface area contributed by atoms with E-state index in [9.17, 15) is 4.79 Å². The average Bonchev–Trinajstić information content (AvgIpc) is 2.24. The summed E-state index contributed by atoms with van der Waals surface area (Å²) >= 11 is 3.42. The first kappa shape index (κ1) is 13.8. The quantitative estimate of drug-likeness (QED) is 0.545. The molecule has 0 aliphatic carbocycles. The molecule has 0 radical (unpaired) electrons. The van der Waals surface area contributed by atoms with Crippen molar-refractivity contribution in [2.75, 3.05) is 30.8 Å². The summed E-state index contributed by atoms with van der Waals surface area (Å²) in [4.78, 5) is 10.4. The van der Waals surface area contributed by atoms with E-state index in [4.69, 9.17) is 16.2 Å². The number of carbonyl (C=O) groups is 1. The van der Waals surface area contributed by atoms with Gasteiger partial charge in [-0.15, -0.1) is 0 Å². The van der Waals surface area contributed by atoms with Gasteiger partial charge >= 0.3 is 0 Å². The van der Waals surface area contributed by atoms with Crippen LogP contribution in [-0.2, 0) is 9.53 Å². The maximum Gasteiger partial charge on any atom is 0.243 e. The third-order valence-electron chi connectivity index (χ3n) is 2.16. The van der Waals surface area contributed by atoms with Crippen molar-refractivity contribution < 1.29 is 9.53 Å². The minimum Gasteiger partial charge on any atom is -0.398 e. The molecular formula is C11H16BrN3O2. The van der Waals surface area contributed by atoms with Gasteiger partial charge in [0.25, 0.3) is 0 Å². The molecule has 1 aromatic rings. The Morgan fingerprint density at radius 1 is 1.53 bits per heavy atom. The van der Waals surface area contributed by atoms with Gasteiger partial charge in [-0.3, -0.25) is 4.79 Å². The van der Waals surface area contributed by atoms with E-state index in [0.29, 0.717) is 13.2 Å². The molecule has 1 aromatic carbocycles. The Balaban J connectivity index is 2.41. The summed E-state index contributed by atoms with van der Waals surface area (Å²) in [5, 5.41) is 3.18. The van der Waals surface area contributed by atoms with Crippen LogP contribution in [0.15, 0.2) is 16.6 Å². The Morgan fingerprint density at radius 3 is 2.88 bits per heavy atom. The van der Waals surface area contributed by atoms with Gasteiger partial charge < -0.3 is 21.5 Å². The molecule has 17 heavy (non-hydrogen) atoms. The third kappa shape index (κ3) is 4.62. The molecule has 0 unspecified atom stereocenters. The lowest BCUT2D eigenvalue weighted by molar-refractivity contribution is -0.122. The van der Waals surface area contributed by atoms with E-state index >= 15 is 0 Å². The summed E-state index contributed by atoms with van der Waals surface area (Å²) in [5.41, 5.74) is 13.4. The van der Waals surface area contributed by atoms with Crippen molar-refractivity contribution >= 4 is 33.2 Å². The number of benzene rings is 1. The number of nitrogens with one attached hydrogen (secondary N) is 1. The van der Waals surface area contributed by atoms with Crippen LogP contribution < -0.4 is 16.8 Å². The van der Waals surface area contributed by atoms with E-state index in [0.717, 1.165) is 21.4 Å². The highest BCUT2D eigenvalue weighted by atomic mass is 79.9. The van der Waals surface area contributed by atoms with Gasteiger partial charge in [0, 0.05) is 22.4 Å². The summed E-state index contributed by atoms with van der Waals surface area (Å²) in [5.74, 6) is -0.463. The lowest BCUT2D eigenvalue weighted by Gasteiger charge is -2.11. The minimum atomic E-state index is -0.463. The largest absolute Gasteiger partial charge is 0.398 e. The molecule has 5 N–H and O–H groups in total. The molecule has 0 bridgehead atoms. The lowest BCUT2D eigenvalue weighted by atomic mass is 10.2. The van der Waals surface area contributed by atoms with Gasteiger partial charge in [0.2, 0.25) is 5.91 Å².